The van der Waals surface area contributed by atoms with Crippen molar-refractivity contribution in [2.24, 2.45) is 0 Å². The van der Waals surface area contributed by atoms with Crippen LogP contribution in [-0.4, -0.2) is 57.3 Å². The lowest BCUT2D eigenvalue weighted by Gasteiger charge is -2.33. The highest BCUT2D eigenvalue weighted by Crippen LogP contribution is 2.23. The maximum Gasteiger partial charge on any atom is 0.421 e. The van der Waals surface area contributed by atoms with Crippen LogP contribution < -0.4 is 10.0 Å². The van der Waals surface area contributed by atoms with E-state index in [0.717, 1.165) is 0 Å². The molecule has 0 aromatic carbocycles. The van der Waals surface area contributed by atoms with Gasteiger partial charge in [0.1, 0.15) is 6.54 Å². The molecule has 11 heteroatoms. The Morgan fingerprint density at radius 2 is 1.95 bits per heavy atom. The molecule has 1 aliphatic heterocycles. The molecule has 1 saturated heterocycles. The molecule has 21 heavy (non-hydrogen) atoms. The Hall–Kier alpha value is -1.07. The first-order valence-electron chi connectivity index (χ1n) is 6.39. The minimum absolute atomic E-state index is 0.0893. The summed E-state index contributed by atoms with van der Waals surface area (Å²) in [5.41, 5.74) is 0. The topological polar surface area (TPSA) is 87.7 Å². The molecule has 0 aromatic rings. The van der Waals surface area contributed by atoms with Gasteiger partial charge in [-0.25, -0.2) is 9.52 Å². The average Bonchev–Trinajstić information content (AvgIpc) is 2.35. The maximum atomic E-state index is 12.6. The van der Waals surface area contributed by atoms with Crippen molar-refractivity contribution in [1.82, 2.24) is 14.3 Å². The third kappa shape index (κ3) is 6.06. The molecule has 0 unspecified atom stereocenters. The van der Waals surface area contributed by atoms with Crippen molar-refractivity contribution in [3.05, 3.63) is 0 Å². The van der Waals surface area contributed by atoms with E-state index in [2.05, 4.69) is 10.1 Å². The third-order valence-corrected chi connectivity index (χ3v) is 4.32. The van der Waals surface area contributed by atoms with Gasteiger partial charge in [-0.05, 0) is 32.9 Å². The molecule has 1 fully saturated rings. The zero-order valence-corrected chi connectivity index (χ0v) is 12.3. The number of ether oxygens (including phenoxy) is 1. The van der Waals surface area contributed by atoms with Crippen molar-refractivity contribution in [1.29, 1.82) is 0 Å². The van der Waals surface area contributed by atoms with E-state index in [1.165, 1.54) is 11.6 Å². The van der Waals surface area contributed by atoms with E-state index in [0.29, 0.717) is 13.1 Å². The Morgan fingerprint density at radius 1 is 1.38 bits per heavy atom. The van der Waals surface area contributed by atoms with Gasteiger partial charge in [-0.2, -0.15) is 25.9 Å². The first-order chi connectivity index (χ1) is 9.65. The molecule has 0 spiro atoms. The fraction of sp³-hybridized carbons (Fsp3) is 0.900. The lowest BCUT2D eigenvalue weighted by Crippen LogP contribution is -2.54. The van der Waals surface area contributed by atoms with Crippen LogP contribution in [-0.2, 0) is 14.9 Å². The van der Waals surface area contributed by atoms with Gasteiger partial charge in [0.2, 0.25) is 0 Å². The summed E-state index contributed by atoms with van der Waals surface area (Å²) in [5.74, 6) is 0. The van der Waals surface area contributed by atoms with Crippen molar-refractivity contribution >= 4 is 16.3 Å². The Balaban J connectivity index is 2.90. The maximum absolute atomic E-state index is 12.6. The number of halogens is 3. The highest BCUT2D eigenvalue weighted by molar-refractivity contribution is 7.87. The predicted octanol–water partition coefficient (Wildman–Crippen LogP) is 0.594. The van der Waals surface area contributed by atoms with Gasteiger partial charge in [0.05, 0.1) is 6.61 Å². The number of hydrogen-bond donors (Lipinski definition) is 2. The van der Waals surface area contributed by atoms with Crippen LogP contribution in [0.5, 0.6) is 0 Å². The summed E-state index contributed by atoms with van der Waals surface area (Å²) in [7, 11) is -4.62. The van der Waals surface area contributed by atoms with Crippen LogP contribution in [0.25, 0.3) is 0 Å². The standard InChI is InChI=1S/C10H18F3N3O4S/c1-2-20-9(17)15-21(18,19)16(7-10(11,12)13)8-3-5-14-6-4-8/h8,14H,2-7H2,1H3,(H,15,17). The van der Waals surface area contributed by atoms with E-state index in [4.69, 9.17) is 0 Å². The molecule has 0 saturated carbocycles. The van der Waals surface area contributed by atoms with E-state index in [9.17, 15) is 26.4 Å². The summed E-state index contributed by atoms with van der Waals surface area (Å²) in [6.07, 6.45) is -5.52. The van der Waals surface area contributed by atoms with Crippen molar-refractivity contribution in [2.45, 2.75) is 32.0 Å². The van der Waals surface area contributed by atoms with Crippen LogP contribution in [0.4, 0.5) is 18.0 Å². The fourth-order valence-electron chi connectivity index (χ4n) is 2.01. The third-order valence-electron chi connectivity index (χ3n) is 2.85. The number of amides is 1. The highest BCUT2D eigenvalue weighted by Gasteiger charge is 2.41. The molecule has 0 radical (unpaired) electrons. The number of carbonyl (C=O) groups excluding carboxylic acids is 1. The van der Waals surface area contributed by atoms with E-state index < -0.39 is 35.1 Å². The average molecular weight is 333 g/mol. The molecule has 7 nitrogen and oxygen atoms in total. The van der Waals surface area contributed by atoms with Gasteiger partial charge < -0.3 is 10.1 Å². The van der Waals surface area contributed by atoms with Crippen LogP contribution in [0.2, 0.25) is 0 Å². The molecule has 0 aromatic heterocycles. The molecule has 0 aliphatic carbocycles. The van der Waals surface area contributed by atoms with Crippen LogP contribution in [0.15, 0.2) is 0 Å². The van der Waals surface area contributed by atoms with Gasteiger partial charge >= 0.3 is 22.5 Å². The van der Waals surface area contributed by atoms with E-state index in [1.54, 1.807) is 0 Å². The van der Waals surface area contributed by atoms with Gasteiger partial charge in [0.25, 0.3) is 0 Å². The monoisotopic (exact) mass is 333 g/mol. The Morgan fingerprint density at radius 3 is 2.43 bits per heavy atom. The number of rotatable bonds is 5. The molecular formula is C10H18F3N3O4S. The van der Waals surface area contributed by atoms with Gasteiger partial charge in [-0.15, -0.1) is 0 Å². The van der Waals surface area contributed by atoms with Gasteiger partial charge in [0, 0.05) is 6.04 Å². The number of carbonyl (C=O) groups is 1. The van der Waals surface area contributed by atoms with E-state index in [-0.39, 0.29) is 23.8 Å². The summed E-state index contributed by atoms with van der Waals surface area (Å²) >= 11 is 0. The Labute approximate surface area is 121 Å². The second-order valence-electron chi connectivity index (χ2n) is 4.47. The van der Waals surface area contributed by atoms with Crippen LogP contribution in [0.3, 0.4) is 0 Å². The number of alkyl halides is 3. The van der Waals surface area contributed by atoms with Crippen LogP contribution in [0, 0.1) is 0 Å². The first kappa shape index (κ1) is 18.0. The zero-order chi connectivity index (χ0) is 16.1. The molecule has 1 heterocycles. The summed E-state index contributed by atoms with van der Waals surface area (Å²) < 4.78 is 68.0. The van der Waals surface area contributed by atoms with Crippen LogP contribution in [0.1, 0.15) is 19.8 Å². The van der Waals surface area contributed by atoms with E-state index >= 15 is 0 Å². The summed E-state index contributed by atoms with van der Waals surface area (Å²) in [5, 5.41) is 2.93. The van der Waals surface area contributed by atoms with Gasteiger partial charge in [-0.1, -0.05) is 0 Å². The summed E-state index contributed by atoms with van der Waals surface area (Å²) in [4.78, 5) is 11.2. The Kier molecular flexibility index (Phi) is 6.23. The number of piperidine rings is 1. The van der Waals surface area contributed by atoms with Crippen molar-refractivity contribution < 1.29 is 31.1 Å². The minimum atomic E-state index is -4.70. The predicted molar refractivity (Wildman–Crippen MR) is 67.7 cm³/mol. The quantitative estimate of drug-likeness (QED) is 0.769. The SMILES string of the molecule is CCOC(=O)NS(=O)(=O)N(CC(F)(F)F)C1CCNCC1. The molecule has 0 atom stereocenters. The zero-order valence-electron chi connectivity index (χ0n) is 11.4. The van der Waals surface area contributed by atoms with E-state index in [1.807, 2.05) is 0 Å². The largest absolute Gasteiger partial charge is 0.449 e. The van der Waals surface area contributed by atoms with Gasteiger partial charge in [-0.3, -0.25) is 0 Å². The first-order valence-corrected chi connectivity index (χ1v) is 7.83. The minimum Gasteiger partial charge on any atom is -0.449 e. The second kappa shape index (κ2) is 7.27. The summed E-state index contributed by atoms with van der Waals surface area (Å²) in [6, 6.07) is -0.820. The molecule has 1 rings (SSSR count). The fourth-order valence-corrected chi connectivity index (χ4v) is 3.31. The van der Waals surface area contributed by atoms with Gasteiger partial charge in [0.15, 0.2) is 0 Å². The normalized spacial score (nSPS) is 17.8. The number of nitrogens with zero attached hydrogens (tertiary/aromatic N) is 1. The molecular weight excluding hydrogens is 315 g/mol. The number of hydrogen-bond acceptors (Lipinski definition) is 5. The smallest absolute Gasteiger partial charge is 0.421 e. The van der Waals surface area contributed by atoms with Crippen molar-refractivity contribution in [2.75, 3.05) is 26.2 Å². The molecule has 1 amide bonds. The molecule has 1 aliphatic rings. The van der Waals surface area contributed by atoms with Crippen molar-refractivity contribution in [3.63, 3.8) is 0 Å². The summed E-state index contributed by atoms with van der Waals surface area (Å²) in [6.45, 7) is 0.536. The molecule has 0 bridgehead atoms. The number of nitrogens with one attached hydrogen (secondary N) is 2. The second-order valence-corrected chi connectivity index (χ2v) is 6.09. The lowest BCUT2D eigenvalue weighted by molar-refractivity contribution is -0.140. The lowest BCUT2D eigenvalue weighted by atomic mass is 10.1. The molecule has 124 valence electrons. The Bertz CT molecular complexity index is 449. The molecule has 2 N–H and O–H groups in total. The highest BCUT2D eigenvalue weighted by atomic mass is 32.2. The van der Waals surface area contributed by atoms with Crippen LogP contribution >= 0.6 is 0 Å². The van der Waals surface area contributed by atoms with Crippen molar-refractivity contribution in [3.8, 4) is 0 Å².